The minimum Gasteiger partial charge on any atom is -0.493 e. The second-order valence-electron chi connectivity index (χ2n) is 5.90. The molecule has 1 amide bonds. The van der Waals surface area contributed by atoms with Crippen molar-refractivity contribution in [3.63, 3.8) is 0 Å². The Morgan fingerprint density at radius 1 is 1.04 bits per heavy atom. The molecule has 3 aromatic rings. The van der Waals surface area contributed by atoms with E-state index < -0.39 is 0 Å². The number of amides is 1. The normalized spacial score (nSPS) is 10.5. The van der Waals surface area contributed by atoms with Gasteiger partial charge >= 0.3 is 0 Å². The van der Waals surface area contributed by atoms with Gasteiger partial charge in [-0.15, -0.1) is 0 Å². The lowest BCUT2D eigenvalue weighted by atomic mass is 10.3. The lowest BCUT2D eigenvalue weighted by molar-refractivity contribution is -0.116. The molecule has 0 saturated carbocycles. The molecule has 1 aromatic heterocycles. The second kappa shape index (κ2) is 7.74. The van der Waals surface area contributed by atoms with Crippen molar-refractivity contribution in [3.05, 3.63) is 76.7 Å². The van der Waals surface area contributed by atoms with Gasteiger partial charge in [-0.3, -0.25) is 14.3 Å². The number of ether oxygens (including phenoxy) is 1. The van der Waals surface area contributed by atoms with Crippen LogP contribution >= 0.6 is 0 Å². The van der Waals surface area contributed by atoms with E-state index >= 15 is 0 Å². The maximum absolute atomic E-state index is 12.7. The van der Waals surface area contributed by atoms with Crippen LogP contribution in [0.2, 0.25) is 0 Å². The van der Waals surface area contributed by atoms with Gasteiger partial charge in [-0.25, -0.2) is 4.68 Å². The van der Waals surface area contributed by atoms with E-state index in [9.17, 15) is 9.59 Å². The first-order chi connectivity index (χ1) is 12.6. The van der Waals surface area contributed by atoms with E-state index in [-0.39, 0.29) is 24.5 Å². The SMILES string of the molecule is Cc1c(NC(=O)CCOc2ccccc2)c(=O)n(-c2ccccc2)n1C. The van der Waals surface area contributed by atoms with Crippen molar-refractivity contribution in [1.82, 2.24) is 9.36 Å². The lowest BCUT2D eigenvalue weighted by Crippen LogP contribution is -2.23. The van der Waals surface area contributed by atoms with Crippen LogP contribution in [-0.4, -0.2) is 21.9 Å². The smallest absolute Gasteiger partial charge is 0.295 e. The van der Waals surface area contributed by atoms with Gasteiger partial charge in [0.05, 0.1) is 24.4 Å². The monoisotopic (exact) mass is 351 g/mol. The molecule has 0 unspecified atom stereocenters. The lowest BCUT2D eigenvalue weighted by Gasteiger charge is -2.07. The molecule has 1 N–H and O–H groups in total. The van der Waals surface area contributed by atoms with Crippen LogP contribution in [0.4, 0.5) is 5.69 Å². The third-order valence-corrected chi connectivity index (χ3v) is 4.16. The summed E-state index contributed by atoms with van der Waals surface area (Å²) in [5.74, 6) is 0.453. The number of nitrogens with zero attached hydrogens (tertiary/aromatic N) is 2. The Bertz CT molecular complexity index is 944. The number of para-hydroxylation sites is 2. The Hall–Kier alpha value is -3.28. The number of anilines is 1. The molecular weight excluding hydrogens is 330 g/mol. The standard InChI is InChI=1S/C20H21N3O3/c1-15-19(20(25)23(22(15)2)16-9-5-3-6-10-16)21-18(24)13-14-26-17-11-7-4-8-12-17/h3-12H,13-14H2,1-2H3,(H,21,24). The molecule has 6 nitrogen and oxygen atoms in total. The van der Waals surface area contributed by atoms with Gasteiger partial charge in [0.2, 0.25) is 5.91 Å². The first-order valence-corrected chi connectivity index (χ1v) is 8.39. The quantitative estimate of drug-likeness (QED) is 0.743. The molecule has 0 radical (unpaired) electrons. The zero-order valence-electron chi connectivity index (χ0n) is 14.8. The van der Waals surface area contributed by atoms with E-state index in [1.165, 1.54) is 4.68 Å². The van der Waals surface area contributed by atoms with Gasteiger partial charge in [-0.2, -0.15) is 0 Å². The molecule has 0 saturated heterocycles. The van der Waals surface area contributed by atoms with Crippen LogP contribution in [0.25, 0.3) is 5.69 Å². The Kier molecular flexibility index (Phi) is 5.22. The zero-order chi connectivity index (χ0) is 18.5. The van der Waals surface area contributed by atoms with Crippen molar-refractivity contribution in [2.75, 3.05) is 11.9 Å². The van der Waals surface area contributed by atoms with Gasteiger partial charge in [-0.05, 0) is 31.2 Å². The summed E-state index contributed by atoms with van der Waals surface area (Å²) >= 11 is 0. The maximum Gasteiger partial charge on any atom is 0.295 e. The number of benzene rings is 2. The second-order valence-corrected chi connectivity index (χ2v) is 5.90. The Balaban J connectivity index is 1.70. The van der Waals surface area contributed by atoms with Crippen molar-refractivity contribution in [3.8, 4) is 11.4 Å². The van der Waals surface area contributed by atoms with Crippen LogP contribution in [0.5, 0.6) is 5.75 Å². The molecule has 0 atom stereocenters. The Labute approximate surface area is 151 Å². The fourth-order valence-corrected chi connectivity index (χ4v) is 2.69. The number of hydrogen-bond acceptors (Lipinski definition) is 3. The van der Waals surface area contributed by atoms with Gasteiger partial charge in [0.15, 0.2) is 0 Å². The molecule has 1 heterocycles. The highest BCUT2D eigenvalue weighted by Crippen LogP contribution is 2.14. The molecule has 0 spiro atoms. The van der Waals surface area contributed by atoms with Gasteiger partial charge in [0.25, 0.3) is 5.56 Å². The van der Waals surface area contributed by atoms with Gasteiger partial charge in [0, 0.05) is 7.05 Å². The molecular formula is C20H21N3O3. The average Bonchev–Trinajstić information content (AvgIpc) is 2.87. The fraction of sp³-hybridized carbons (Fsp3) is 0.200. The van der Waals surface area contributed by atoms with Crippen LogP contribution in [-0.2, 0) is 11.8 Å². The number of aromatic nitrogens is 2. The number of carbonyl (C=O) groups excluding carboxylic acids is 1. The average molecular weight is 351 g/mol. The molecule has 2 aromatic carbocycles. The maximum atomic E-state index is 12.7. The van der Waals surface area contributed by atoms with Crippen molar-refractivity contribution < 1.29 is 9.53 Å². The number of nitrogens with one attached hydrogen (secondary N) is 1. The van der Waals surface area contributed by atoms with Crippen LogP contribution in [0.3, 0.4) is 0 Å². The predicted octanol–water partition coefficient (Wildman–Crippen LogP) is 2.89. The highest BCUT2D eigenvalue weighted by Gasteiger charge is 2.17. The third kappa shape index (κ3) is 3.69. The Morgan fingerprint density at radius 2 is 1.65 bits per heavy atom. The third-order valence-electron chi connectivity index (χ3n) is 4.16. The van der Waals surface area contributed by atoms with Crippen LogP contribution in [0, 0.1) is 6.92 Å². The van der Waals surface area contributed by atoms with Gasteiger partial charge in [0.1, 0.15) is 11.4 Å². The number of carbonyl (C=O) groups is 1. The molecule has 0 aliphatic rings. The summed E-state index contributed by atoms with van der Waals surface area (Å²) < 4.78 is 8.79. The van der Waals surface area contributed by atoms with E-state index in [1.807, 2.05) is 60.7 Å². The molecule has 134 valence electrons. The molecule has 3 rings (SSSR count). The van der Waals surface area contributed by atoms with Crippen LogP contribution < -0.4 is 15.6 Å². The highest BCUT2D eigenvalue weighted by atomic mass is 16.5. The Morgan fingerprint density at radius 3 is 2.31 bits per heavy atom. The summed E-state index contributed by atoms with van der Waals surface area (Å²) in [6, 6.07) is 18.6. The van der Waals surface area contributed by atoms with Gasteiger partial charge < -0.3 is 10.1 Å². The van der Waals surface area contributed by atoms with E-state index in [4.69, 9.17) is 4.74 Å². The van der Waals surface area contributed by atoms with Gasteiger partial charge in [-0.1, -0.05) is 36.4 Å². The minimum atomic E-state index is -0.257. The summed E-state index contributed by atoms with van der Waals surface area (Å²) in [5.41, 5.74) is 1.47. The number of rotatable bonds is 6. The van der Waals surface area contributed by atoms with Crippen molar-refractivity contribution in [2.45, 2.75) is 13.3 Å². The van der Waals surface area contributed by atoms with E-state index in [1.54, 1.807) is 18.7 Å². The summed E-state index contributed by atoms with van der Waals surface area (Å²) in [5, 5.41) is 2.72. The summed E-state index contributed by atoms with van der Waals surface area (Å²) in [6.45, 7) is 2.05. The van der Waals surface area contributed by atoms with E-state index in [2.05, 4.69) is 5.32 Å². The van der Waals surface area contributed by atoms with Crippen molar-refractivity contribution in [2.24, 2.45) is 7.05 Å². The summed E-state index contributed by atoms with van der Waals surface area (Å²) in [6.07, 6.45) is 0.161. The largest absolute Gasteiger partial charge is 0.493 e. The van der Waals surface area contributed by atoms with E-state index in [0.717, 1.165) is 5.69 Å². The molecule has 6 heteroatoms. The first-order valence-electron chi connectivity index (χ1n) is 8.39. The first kappa shape index (κ1) is 17.5. The molecule has 0 bridgehead atoms. The van der Waals surface area contributed by atoms with Crippen molar-refractivity contribution >= 4 is 11.6 Å². The fourth-order valence-electron chi connectivity index (χ4n) is 2.69. The van der Waals surface area contributed by atoms with Crippen molar-refractivity contribution in [1.29, 1.82) is 0 Å². The highest BCUT2D eigenvalue weighted by molar-refractivity contribution is 5.91. The predicted molar refractivity (Wildman–Crippen MR) is 101 cm³/mol. The number of hydrogen-bond donors (Lipinski definition) is 1. The molecule has 0 fully saturated rings. The van der Waals surface area contributed by atoms with E-state index in [0.29, 0.717) is 17.1 Å². The van der Waals surface area contributed by atoms with Crippen LogP contribution in [0.1, 0.15) is 12.1 Å². The summed E-state index contributed by atoms with van der Waals surface area (Å²) in [4.78, 5) is 25.0. The topological polar surface area (TPSA) is 65.3 Å². The molecule has 0 aliphatic carbocycles. The zero-order valence-corrected chi connectivity index (χ0v) is 14.8. The minimum absolute atomic E-state index is 0.161. The summed E-state index contributed by atoms with van der Waals surface area (Å²) in [7, 11) is 1.79. The molecule has 0 aliphatic heterocycles. The molecule has 26 heavy (non-hydrogen) atoms. The van der Waals surface area contributed by atoms with Crippen LogP contribution in [0.15, 0.2) is 65.5 Å².